The van der Waals surface area contributed by atoms with Gasteiger partial charge in [0.2, 0.25) is 0 Å². The maximum Gasteiger partial charge on any atom is 2.00 e. The first-order valence-electron chi connectivity index (χ1n) is 17.5. The summed E-state index contributed by atoms with van der Waals surface area (Å²) < 4.78 is 6.48. The second kappa shape index (κ2) is 12.3. The molecule has 2 heterocycles. The second-order valence-electron chi connectivity index (χ2n) is 14.5. The number of benzene rings is 5. The summed E-state index contributed by atoms with van der Waals surface area (Å²) in [5.41, 5.74) is 12.5. The van der Waals surface area contributed by atoms with Crippen LogP contribution in [0.25, 0.3) is 72.5 Å². The molecule has 1 atom stereocenters. The molecule has 0 saturated heterocycles. The third kappa shape index (κ3) is 5.06. The molecule has 3 aliphatic carbocycles. The van der Waals surface area contributed by atoms with E-state index in [1.54, 1.807) is 0 Å². The average Bonchev–Trinajstić information content (AvgIpc) is 3.66. The number of nitrogens with zero attached hydrogens (tertiary/aromatic N) is 3. The van der Waals surface area contributed by atoms with Crippen molar-refractivity contribution in [3.05, 3.63) is 168 Å². The van der Waals surface area contributed by atoms with Crippen LogP contribution in [0.1, 0.15) is 44.1 Å². The zero-order valence-electron chi connectivity index (χ0n) is 29.2. The van der Waals surface area contributed by atoms with Gasteiger partial charge < -0.3 is 4.42 Å². The van der Waals surface area contributed by atoms with Crippen LogP contribution < -0.4 is 0 Å². The van der Waals surface area contributed by atoms with Crippen LogP contribution in [-0.2, 0) is 5.41 Å². The Labute approximate surface area is 327 Å². The van der Waals surface area contributed by atoms with Gasteiger partial charge >= 0.3 is 31.1 Å². The fraction of sp³-hybridized carbons (Fsp3) is 0.128. The molecule has 0 fully saturated rings. The molecule has 52 heavy (non-hydrogen) atoms. The van der Waals surface area contributed by atoms with Crippen LogP contribution in [0.2, 0.25) is 0 Å². The zero-order chi connectivity index (χ0) is 34.3. The van der Waals surface area contributed by atoms with Crippen molar-refractivity contribution in [3.8, 4) is 45.0 Å². The number of fused-ring (bicyclic) bond motifs is 7. The van der Waals surface area contributed by atoms with Crippen LogP contribution in [0.15, 0.2) is 144 Å². The van der Waals surface area contributed by atoms with Crippen LogP contribution in [0, 0.1) is 48.7 Å². The molecule has 0 aliphatic heterocycles. The Morgan fingerprint density at radius 3 is 2.40 bits per heavy atom. The minimum atomic E-state index is -0.222. The van der Waals surface area contributed by atoms with E-state index in [-0.39, 0.29) is 41.9 Å². The fourth-order valence-corrected chi connectivity index (χ4v) is 8.33. The molecule has 0 radical (unpaired) electrons. The summed E-state index contributed by atoms with van der Waals surface area (Å²) in [6, 6.07) is 40.4. The number of furan rings is 1. The van der Waals surface area contributed by atoms with Crippen molar-refractivity contribution >= 4 is 27.5 Å². The minimum absolute atomic E-state index is 0. The molecule has 0 N–H and O–H groups in total. The van der Waals surface area contributed by atoms with Crippen LogP contribution >= 0.6 is 0 Å². The molecule has 7 aromatic rings. The number of para-hydroxylation sites is 2. The van der Waals surface area contributed by atoms with Gasteiger partial charge in [0.15, 0.2) is 17.5 Å². The van der Waals surface area contributed by atoms with Gasteiger partial charge in [-0.05, 0) is 52.3 Å². The molecular weight excluding hydrogens is 861 g/mol. The Balaban J connectivity index is 0.00000360. The summed E-state index contributed by atoms with van der Waals surface area (Å²) in [6.07, 6.45) is 13.9. The molecule has 3 aliphatic rings. The largest absolute Gasteiger partial charge is 2.00 e. The van der Waals surface area contributed by atoms with E-state index in [9.17, 15) is 0 Å². The van der Waals surface area contributed by atoms with E-state index in [0.717, 1.165) is 56.2 Å². The molecule has 4 nitrogen and oxygen atoms in total. The Kier molecular flexibility index (Phi) is 7.74. The zero-order valence-corrected chi connectivity index (χ0v) is 33.3. The van der Waals surface area contributed by atoms with E-state index < -0.39 is 0 Å². The summed E-state index contributed by atoms with van der Waals surface area (Å²) >= 11 is 0. The van der Waals surface area contributed by atoms with Gasteiger partial charge in [0.05, 0.1) is 5.56 Å². The summed E-state index contributed by atoms with van der Waals surface area (Å²) in [4.78, 5) is 15.6. The molecular formula is C47H33N3OU. The molecule has 0 amide bonds. The van der Waals surface area contributed by atoms with Crippen LogP contribution in [0.4, 0.5) is 0 Å². The van der Waals surface area contributed by atoms with Crippen molar-refractivity contribution in [3.63, 3.8) is 0 Å². The molecule has 5 aromatic carbocycles. The first-order chi connectivity index (χ1) is 24.9. The monoisotopic (exact) mass is 893 g/mol. The van der Waals surface area contributed by atoms with Gasteiger partial charge in [-0.3, -0.25) is 0 Å². The molecule has 1 unspecified atom stereocenters. The summed E-state index contributed by atoms with van der Waals surface area (Å²) in [6.45, 7) is 6.89. The van der Waals surface area contributed by atoms with Crippen molar-refractivity contribution < 1.29 is 35.5 Å². The maximum atomic E-state index is 6.48. The smallest absolute Gasteiger partial charge is 0.455 e. The minimum Gasteiger partial charge on any atom is -0.455 e. The number of allylic oxidation sites excluding steroid dienone is 8. The third-order valence-electron chi connectivity index (χ3n) is 10.9. The van der Waals surface area contributed by atoms with Crippen LogP contribution in [-0.4, -0.2) is 15.0 Å². The molecule has 0 saturated carbocycles. The van der Waals surface area contributed by atoms with E-state index in [2.05, 4.69) is 130 Å². The molecule has 5 heteroatoms. The van der Waals surface area contributed by atoms with E-state index in [0.29, 0.717) is 17.5 Å². The van der Waals surface area contributed by atoms with E-state index in [4.69, 9.17) is 19.4 Å². The quantitative estimate of drug-likeness (QED) is 0.165. The van der Waals surface area contributed by atoms with Gasteiger partial charge in [0.1, 0.15) is 11.2 Å². The Bertz CT molecular complexity index is 2710. The van der Waals surface area contributed by atoms with Gasteiger partial charge in [-0.2, -0.15) is 42.0 Å². The SMILES string of the molecule is CC12C=CC=CC1=CC=C(c1nc(-c3ccc4c(c3)-c3cc[c-]c(-c5[c-]cccc5)c3C4(C)C)nc(-c3cccc4c3oc3ccccc34)n1)C2.[U+2]. The number of aromatic nitrogens is 3. The molecule has 10 rings (SSSR count). The predicted octanol–water partition coefficient (Wildman–Crippen LogP) is 11.5. The standard InChI is InChI=1S/C47H33N3O.U/c1-46(2)39-25-23-30(27-38(39)35-18-11-17-33(41(35)46)29-13-5-4-6-14-29)43-48-44(31-22-24-32-15-9-10-26-47(32,3)28-31)50-45(49-43)37-20-12-19-36-34-16-7-8-21-40(34)51-42(36)37;/h4-13,15-16,18-27H,28H2,1-3H3;/q-2;+2. The topological polar surface area (TPSA) is 51.8 Å². The third-order valence-corrected chi connectivity index (χ3v) is 10.9. The molecule has 2 aromatic heterocycles. The number of hydrogen-bond acceptors (Lipinski definition) is 4. The van der Waals surface area contributed by atoms with Gasteiger partial charge in [0, 0.05) is 21.8 Å². The van der Waals surface area contributed by atoms with Crippen molar-refractivity contribution in [1.29, 1.82) is 0 Å². The average molecular weight is 894 g/mol. The molecule has 246 valence electrons. The van der Waals surface area contributed by atoms with E-state index in [1.807, 2.05) is 36.4 Å². The molecule has 0 bridgehead atoms. The van der Waals surface area contributed by atoms with Crippen molar-refractivity contribution in [1.82, 2.24) is 15.0 Å². The second-order valence-corrected chi connectivity index (χ2v) is 14.5. The predicted molar refractivity (Wildman–Crippen MR) is 206 cm³/mol. The van der Waals surface area contributed by atoms with Crippen LogP contribution in [0.3, 0.4) is 0 Å². The fourth-order valence-electron chi connectivity index (χ4n) is 8.33. The molecule has 0 spiro atoms. The van der Waals surface area contributed by atoms with Gasteiger partial charge in [-0.1, -0.05) is 99.7 Å². The van der Waals surface area contributed by atoms with Crippen molar-refractivity contribution in [2.24, 2.45) is 5.41 Å². The summed E-state index contributed by atoms with van der Waals surface area (Å²) in [5, 5.41) is 2.12. The maximum absolute atomic E-state index is 6.48. The van der Waals surface area contributed by atoms with Crippen molar-refractivity contribution in [2.45, 2.75) is 32.6 Å². The Hall–Kier alpha value is -5.08. The first-order valence-corrected chi connectivity index (χ1v) is 17.5. The summed E-state index contributed by atoms with van der Waals surface area (Å²) in [7, 11) is 0. The summed E-state index contributed by atoms with van der Waals surface area (Å²) in [5.74, 6) is 1.91. The van der Waals surface area contributed by atoms with Gasteiger partial charge in [0.25, 0.3) is 0 Å². The normalized spacial score (nSPS) is 18.0. The Morgan fingerprint density at radius 1 is 0.692 bits per heavy atom. The number of rotatable bonds is 4. The van der Waals surface area contributed by atoms with Crippen molar-refractivity contribution in [2.75, 3.05) is 0 Å². The Morgan fingerprint density at radius 2 is 1.52 bits per heavy atom. The van der Waals surface area contributed by atoms with E-state index >= 15 is 0 Å². The van der Waals surface area contributed by atoms with Gasteiger partial charge in [-0.15, -0.1) is 17.7 Å². The van der Waals surface area contributed by atoms with E-state index in [1.165, 1.54) is 27.8 Å². The first kappa shape index (κ1) is 32.8. The van der Waals surface area contributed by atoms with Gasteiger partial charge in [-0.25, -0.2) is 26.1 Å². The van der Waals surface area contributed by atoms with Crippen LogP contribution in [0.5, 0.6) is 0 Å². The number of hydrogen-bond donors (Lipinski definition) is 0.